The lowest BCUT2D eigenvalue weighted by Crippen LogP contribution is -1.95. The molecule has 0 amide bonds. The highest BCUT2D eigenvalue weighted by Gasteiger charge is 2.10. The van der Waals surface area contributed by atoms with Crippen LogP contribution < -0.4 is 4.74 Å². The van der Waals surface area contributed by atoms with Crippen molar-refractivity contribution in [1.82, 2.24) is 10.2 Å². The van der Waals surface area contributed by atoms with E-state index in [9.17, 15) is 0 Å². The predicted octanol–water partition coefficient (Wildman–Crippen LogP) is 4.03. The van der Waals surface area contributed by atoms with Gasteiger partial charge in [-0.1, -0.05) is 29.8 Å². The Bertz CT molecular complexity index is 667. The van der Waals surface area contributed by atoms with Gasteiger partial charge in [-0.05, 0) is 23.6 Å². The molecule has 0 aliphatic carbocycles. The van der Waals surface area contributed by atoms with E-state index in [1.54, 1.807) is 23.5 Å². The normalized spacial score (nSPS) is 10.6. The minimum atomic E-state index is 0.197. The highest BCUT2D eigenvalue weighted by atomic mass is 35.5. The molecule has 6 heteroatoms. The summed E-state index contributed by atoms with van der Waals surface area (Å²) in [6.07, 6.45) is 0. The monoisotopic (exact) mass is 292 g/mol. The van der Waals surface area contributed by atoms with Crippen molar-refractivity contribution >= 4 is 22.9 Å². The van der Waals surface area contributed by atoms with Crippen LogP contribution in [0.1, 0.15) is 5.89 Å². The van der Waals surface area contributed by atoms with E-state index in [1.807, 2.05) is 29.6 Å². The Morgan fingerprint density at radius 3 is 2.84 bits per heavy atom. The molecule has 0 radical (unpaired) electrons. The average Bonchev–Trinajstić information content (AvgIpc) is 3.09. The maximum absolute atomic E-state index is 5.99. The summed E-state index contributed by atoms with van der Waals surface area (Å²) < 4.78 is 11.0. The summed E-state index contributed by atoms with van der Waals surface area (Å²) in [6, 6.07) is 11.1. The standard InChI is InChI=1S/C13H9ClN2O2S/c14-9-4-1-2-5-10(9)17-8-12-15-16-13(18-12)11-6-3-7-19-11/h1-7H,8H2. The van der Waals surface area contributed by atoms with Gasteiger partial charge in [0.15, 0.2) is 6.61 Å². The number of benzene rings is 1. The fourth-order valence-electron chi connectivity index (χ4n) is 1.51. The van der Waals surface area contributed by atoms with Crippen LogP contribution in [0.5, 0.6) is 5.75 Å². The van der Waals surface area contributed by atoms with Crippen LogP contribution in [0.15, 0.2) is 46.2 Å². The first kappa shape index (κ1) is 12.2. The summed E-state index contributed by atoms with van der Waals surface area (Å²) in [4.78, 5) is 0.941. The molecular formula is C13H9ClN2O2S. The van der Waals surface area contributed by atoms with E-state index in [2.05, 4.69) is 10.2 Å². The van der Waals surface area contributed by atoms with Crippen molar-refractivity contribution in [2.45, 2.75) is 6.61 Å². The van der Waals surface area contributed by atoms with Crippen molar-refractivity contribution < 1.29 is 9.15 Å². The minimum Gasteiger partial charge on any atom is -0.482 e. The lowest BCUT2D eigenvalue weighted by Gasteiger charge is -2.04. The molecule has 4 nitrogen and oxygen atoms in total. The Kier molecular flexibility index (Phi) is 3.48. The first-order valence-corrected chi connectivity index (χ1v) is 6.82. The number of ether oxygens (including phenoxy) is 1. The van der Waals surface area contributed by atoms with Crippen molar-refractivity contribution in [3.8, 4) is 16.5 Å². The fourth-order valence-corrected chi connectivity index (χ4v) is 2.35. The molecule has 0 unspecified atom stereocenters. The molecule has 0 atom stereocenters. The first-order chi connectivity index (χ1) is 9.33. The second-order valence-electron chi connectivity index (χ2n) is 3.70. The van der Waals surface area contributed by atoms with E-state index in [0.717, 1.165) is 4.88 Å². The number of hydrogen-bond acceptors (Lipinski definition) is 5. The summed E-state index contributed by atoms with van der Waals surface area (Å²) in [5, 5.41) is 10.4. The van der Waals surface area contributed by atoms with Crippen molar-refractivity contribution in [1.29, 1.82) is 0 Å². The van der Waals surface area contributed by atoms with Gasteiger partial charge in [-0.15, -0.1) is 21.5 Å². The number of nitrogens with zero attached hydrogens (tertiary/aromatic N) is 2. The fraction of sp³-hybridized carbons (Fsp3) is 0.0769. The Morgan fingerprint density at radius 2 is 2.05 bits per heavy atom. The number of thiophene rings is 1. The third kappa shape index (κ3) is 2.77. The summed E-state index contributed by atoms with van der Waals surface area (Å²) in [6.45, 7) is 0.197. The van der Waals surface area contributed by atoms with Crippen LogP contribution in [0.4, 0.5) is 0 Å². The quantitative estimate of drug-likeness (QED) is 0.728. The third-order valence-electron chi connectivity index (χ3n) is 2.39. The van der Waals surface area contributed by atoms with Gasteiger partial charge < -0.3 is 9.15 Å². The first-order valence-electron chi connectivity index (χ1n) is 5.56. The highest BCUT2D eigenvalue weighted by molar-refractivity contribution is 7.13. The van der Waals surface area contributed by atoms with Gasteiger partial charge in [-0.2, -0.15) is 0 Å². The molecule has 96 valence electrons. The third-order valence-corrected chi connectivity index (χ3v) is 3.56. The minimum absolute atomic E-state index is 0.197. The zero-order chi connectivity index (χ0) is 13.1. The number of rotatable bonds is 4. The number of hydrogen-bond donors (Lipinski definition) is 0. The van der Waals surface area contributed by atoms with Gasteiger partial charge >= 0.3 is 0 Å². The van der Waals surface area contributed by atoms with Crippen molar-refractivity contribution in [3.05, 3.63) is 52.7 Å². The number of aromatic nitrogens is 2. The molecule has 0 saturated carbocycles. The molecule has 0 saturated heterocycles. The van der Waals surface area contributed by atoms with Gasteiger partial charge in [-0.3, -0.25) is 0 Å². The van der Waals surface area contributed by atoms with E-state index in [4.69, 9.17) is 20.8 Å². The smallest absolute Gasteiger partial charge is 0.257 e. The van der Waals surface area contributed by atoms with Gasteiger partial charge in [0.05, 0.1) is 9.90 Å². The van der Waals surface area contributed by atoms with Crippen LogP contribution in [0.3, 0.4) is 0 Å². The van der Waals surface area contributed by atoms with E-state index in [-0.39, 0.29) is 6.61 Å². The Labute approximate surface area is 118 Å². The molecule has 0 fully saturated rings. The van der Waals surface area contributed by atoms with Gasteiger partial charge in [0, 0.05) is 0 Å². The number of para-hydroxylation sites is 1. The van der Waals surface area contributed by atoms with Gasteiger partial charge in [0.25, 0.3) is 11.8 Å². The summed E-state index contributed by atoms with van der Waals surface area (Å²) in [5.74, 6) is 1.52. The number of halogens is 1. The van der Waals surface area contributed by atoms with Crippen LogP contribution in [0, 0.1) is 0 Å². The zero-order valence-corrected chi connectivity index (χ0v) is 11.3. The second kappa shape index (κ2) is 5.42. The van der Waals surface area contributed by atoms with Crippen molar-refractivity contribution in [2.75, 3.05) is 0 Å². The van der Waals surface area contributed by atoms with Crippen molar-refractivity contribution in [3.63, 3.8) is 0 Å². The Balaban J connectivity index is 1.70. The maximum Gasteiger partial charge on any atom is 0.257 e. The average molecular weight is 293 g/mol. The molecule has 0 bridgehead atoms. The SMILES string of the molecule is Clc1ccccc1OCc1nnc(-c2cccs2)o1. The van der Waals surface area contributed by atoms with E-state index < -0.39 is 0 Å². The van der Waals surface area contributed by atoms with Crippen LogP contribution in [-0.2, 0) is 6.61 Å². The molecular weight excluding hydrogens is 284 g/mol. The lowest BCUT2D eigenvalue weighted by atomic mass is 10.3. The molecule has 19 heavy (non-hydrogen) atoms. The summed E-state index contributed by atoms with van der Waals surface area (Å²) >= 11 is 7.54. The Hall–Kier alpha value is -1.85. The van der Waals surface area contributed by atoms with Crippen LogP contribution >= 0.6 is 22.9 Å². The van der Waals surface area contributed by atoms with E-state index >= 15 is 0 Å². The highest BCUT2D eigenvalue weighted by Crippen LogP contribution is 2.25. The van der Waals surface area contributed by atoms with Gasteiger partial charge in [-0.25, -0.2) is 0 Å². The Morgan fingerprint density at radius 1 is 1.16 bits per heavy atom. The van der Waals surface area contributed by atoms with Crippen molar-refractivity contribution in [2.24, 2.45) is 0 Å². The molecule has 0 spiro atoms. The maximum atomic E-state index is 5.99. The van der Waals surface area contributed by atoms with Gasteiger partial charge in [0.2, 0.25) is 0 Å². The molecule has 2 aromatic heterocycles. The second-order valence-corrected chi connectivity index (χ2v) is 5.05. The molecule has 1 aromatic carbocycles. The molecule has 0 N–H and O–H groups in total. The molecule has 2 heterocycles. The van der Waals surface area contributed by atoms with Crippen LogP contribution in [0.2, 0.25) is 5.02 Å². The molecule has 0 aliphatic heterocycles. The zero-order valence-electron chi connectivity index (χ0n) is 9.75. The summed E-state index contributed by atoms with van der Waals surface area (Å²) in [7, 11) is 0. The summed E-state index contributed by atoms with van der Waals surface area (Å²) in [5.41, 5.74) is 0. The largest absolute Gasteiger partial charge is 0.482 e. The van der Waals surface area contributed by atoms with Crippen LogP contribution in [0.25, 0.3) is 10.8 Å². The van der Waals surface area contributed by atoms with E-state index in [1.165, 1.54) is 0 Å². The predicted molar refractivity (Wildman–Crippen MR) is 73.4 cm³/mol. The molecule has 0 aliphatic rings. The van der Waals surface area contributed by atoms with E-state index in [0.29, 0.717) is 22.6 Å². The molecule has 3 rings (SSSR count). The molecule has 3 aromatic rings. The topological polar surface area (TPSA) is 48.2 Å². The van der Waals surface area contributed by atoms with Crippen LogP contribution in [-0.4, -0.2) is 10.2 Å². The van der Waals surface area contributed by atoms with Gasteiger partial charge in [0.1, 0.15) is 5.75 Å². The lowest BCUT2D eigenvalue weighted by molar-refractivity contribution is 0.264.